The van der Waals surface area contributed by atoms with Gasteiger partial charge < -0.3 is 10.4 Å². The molecule has 2 N–H and O–H groups in total. The average molecular weight is 366 g/mol. The summed E-state index contributed by atoms with van der Waals surface area (Å²) in [5.41, 5.74) is 1.88. The lowest BCUT2D eigenvalue weighted by Crippen LogP contribution is -2.24. The smallest absolute Gasteiger partial charge is 0.133 e. The maximum atomic E-state index is 10.8. The number of aliphatic hydroxyl groups excluding tert-OH is 1. The van der Waals surface area contributed by atoms with Crippen molar-refractivity contribution in [1.82, 2.24) is 5.32 Å². The molecule has 0 amide bonds. The first-order chi connectivity index (χ1) is 11.0. The van der Waals surface area contributed by atoms with Crippen LogP contribution in [0.5, 0.6) is 0 Å². The summed E-state index contributed by atoms with van der Waals surface area (Å²) in [4.78, 5) is 0.464. The third-order valence-corrected chi connectivity index (χ3v) is 3.98. The quantitative estimate of drug-likeness (QED) is 0.306. The van der Waals surface area contributed by atoms with Gasteiger partial charge in [-0.05, 0) is 30.2 Å². The van der Waals surface area contributed by atoms with Crippen molar-refractivity contribution in [3.63, 3.8) is 0 Å². The summed E-state index contributed by atoms with van der Waals surface area (Å²) >= 11 is 17.7. The van der Waals surface area contributed by atoms with Crippen LogP contribution in [0.2, 0.25) is 10.0 Å². The second-order valence-electron chi connectivity index (χ2n) is 5.00. The lowest BCUT2D eigenvalue weighted by atomic mass is 10.0. The lowest BCUT2D eigenvalue weighted by Gasteiger charge is -2.15. The standard InChI is InChI=1S/C18H17Cl2NOS/c1-2-8-21-18(23)16(13-9-14(19)11-15(20)10-13)17(22)12-6-4-3-5-7-12/h3-7,9-11,22H,2,8H2,1H3,(H,21,23)/b17-16-. The van der Waals surface area contributed by atoms with Crippen LogP contribution in [0, 0.1) is 0 Å². The first kappa shape index (κ1) is 17.8. The van der Waals surface area contributed by atoms with Crippen molar-refractivity contribution in [1.29, 1.82) is 0 Å². The van der Waals surface area contributed by atoms with Gasteiger partial charge in [0, 0.05) is 22.2 Å². The van der Waals surface area contributed by atoms with Crippen molar-refractivity contribution < 1.29 is 5.11 Å². The SMILES string of the molecule is CCCNC(=S)/C(=C(\O)c1ccccc1)c1cc(Cl)cc(Cl)c1. The Bertz CT molecular complexity index is 709. The van der Waals surface area contributed by atoms with Crippen molar-refractivity contribution in [2.75, 3.05) is 6.54 Å². The maximum Gasteiger partial charge on any atom is 0.133 e. The third kappa shape index (κ3) is 4.71. The van der Waals surface area contributed by atoms with E-state index in [1.54, 1.807) is 18.2 Å². The molecule has 0 spiro atoms. The van der Waals surface area contributed by atoms with Crippen molar-refractivity contribution >= 4 is 51.7 Å². The summed E-state index contributed by atoms with van der Waals surface area (Å²) in [7, 11) is 0. The summed E-state index contributed by atoms with van der Waals surface area (Å²) < 4.78 is 0. The number of rotatable bonds is 5. The molecule has 23 heavy (non-hydrogen) atoms. The molecule has 2 nitrogen and oxygen atoms in total. The Morgan fingerprint density at radius 3 is 2.22 bits per heavy atom. The number of halogens is 2. The van der Waals surface area contributed by atoms with E-state index in [1.165, 1.54) is 0 Å². The Balaban J connectivity index is 2.58. The van der Waals surface area contributed by atoms with Crippen LogP contribution in [-0.4, -0.2) is 16.6 Å². The molecule has 5 heteroatoms. The van der Waals surface area contributed by atoms with Gasteiger partial charge in [-0.1, -0.05) is 72.7 Å². The molecule has 0 heterocycles. The Kier molecular flexibility index (Phi) is 6.46. The van der Waals surface area contributed by atoms with Gasteiger partial charge in [0.05, 0.1) is 5.57 Å². The number of nitrogens with one attached hydrogen (secondary N) is 1. The van der Waals surface area contributed by atoms with Crippen LogP contribution in [0.1, 0.15) is 24.5 Å². The molecule has 0 aromatic heterocycles. The Morgan fingerprint density at radius 1 is 1.04 bits per heavy atom. The second kappa shape index (κ2) is 8.34. The van der Waals surface area contributed by atoms with Gasteiger partial charge in [0.1, 0.15) is 10.7 Å². The third-order valence-electron chi connectivity index (χ3n) is 3.20. The van der Waals surface area contributed by atoms with Gasteiger partial charge >= 0.3 is 0 Å². The highest BCUT2D eigenvalue weighted by atomic mass is 35.5. The van der Waals surface area contributed by atoms with Crippen molar-refractivity contribution in [3.8, 4) is 0 Å². The van der Waals surface area contributed by atoms with E-state index in [9.17, 15) is 5.11 Å². The molecule has 2 rings (SSSR count). The van der Waals surface area contributed by atoms with Crippen molar-refractivity contribution in [2.45, 2.75) is 13.3 Å². The normalized spacial score (nSPS) is 11.8. The Morgan fingerprint density at radius 2 is 1.65 bits per heavy atom. The van der Waals surface area contributed by atoms with Crippen LogP contribution in [0.15, 0.2) is 48.5 Å². The molecule has 0 saturated heterocycles. The van der Waals surface area contributed by atoms with Crippen LogP contribution < -0.4 is 5.32 Å². The molecule has 0 bridgehead atoms. The van der Waals surface area contributed by atoms with E-state index < -0.39 is 0 Å². The Hall–Kier alpha value is -1.55. The van der Waals surface area contributed by atoms with Gasteiger partial charge in [-0.15, -0.1) is 0 Å². The van der Waals surface area contributed by atoms with Crippen LogP contribution >= 0.6 is 35.4 Å². The molecule has 0 fully saturated rings. The van der Waals surface area contributed by atoms with Gasteiger partial charge in [-0.25, -0.2) is 0 Å². The van der Waals surface area contributed by atoms with Crippen LogP contribution in [-0.2, 0) is 0 Å². The van der Waals surface area contributed by atoms with Crippen LogP contribution in [0.25, 0.3) is 11.3 Å². The van der Waals surface area contributed by atoms with Crippen LogP contribution in [0.4, 0.5) is 0 Å². The van der Waals surface area contributed by atoms with E-state index in [-0.39, 0.29) is 5.76 Å². The zero-order valence-corrected chi connectivity index (χ0v) is 15.0. The summed E-state index contributed by atoms with van der Waals surface area (Å²) in [5.74, 6) is 0.0949. The van der Waals surface area contributed by atoms with E-state index in [0.717, 1.165) is 13.0 Å². The maximum absolute atomic E-state index is 10.8. The van der Waals surface area contributed by atoms with E-state index in [4.69, 9.17) is 35.4 Å². The van der Waals surface area contributed by atoms with Gasteiger partial charge in [0.25, 0.3) is 0 Å². The molecule has 0 aliphatic carbocycles. The molecule has 0 unspecified atom stereocenters. The molecule has 0 radical (unpaired) electrons. The molecule has 0 saturated carbocycles. The topological polar surface area (TPSA) is 32.3 Å². The Labute approximate surface area is 151 Å². The van der Waals surface area contributed by atoms with Gasteiger partial charge in [0.15, 0.2) is 0 Å². The number of thiocarbonyl (C=S) groups is 1. The first-order valence-electron chi connectivity index (χ1n) is 7.26. The molecule has 0 atom stereocenters. The molecule has 0 aliphatic rings. The van der Waals surface area contributed by atoms with Gasteiger partial charge in [-0.2, -0.15) is 0 Å². The van der Waals surface area contributed by atoms with Gasteiger partial charge in [0.2, 0.25) is 0 Å². The molecular formula is C18H17Cl2NOS. The number of hydrogen-bond acceptors (Lipinski definition) is 2. The fraction of sp³-hybridized carbons (Fsp3) is 0.167. The zero-order chi connectivity index (χ0) is 16.8. The molecule has 2 aromatic rings. The number of benzene rings is 2. The predicted octanol–water partition coefficient (Wildman–Crippen LogP) is 5.75. The van der Waals surface area contributed by atoms with E-state index in [0.29, 0.717) is 31.7 Å². The minimum Gasteiger partial charge on any atom is -0.507 e. The highest BCUT2D eigenvalue weighted by Gasteiger charge is 2.16. The summed E-state index contributed by atoms with van der Waals surface area (Å²) in [6.07, 6.45) is 0.926. The number of aliphatic hydroxyl groups is 1. The van der Waals surface area contributed by atoms with E-state index in [2.05, 4.69) is 5.32 Å². The van der Waals surface area contributed by atoms with E-state index >= 15 is 0 Å². The highest BCUT2D eigenvalue weighted by Crippen LogP contribution is 2.29. The monoisotopic (exact) mass is 365 g/mol. The summed E-state index contributed by atoms with van der Waals surface area (Å²) in [6.45, 7) is 2.77. The minimum absolute atomic E-state index is 0.0949. The largest absolute Gasteiger partial charge is 0.507 e. The first-order valence-corrected chi connectivity index (χ1v) is 8.42. The van der Waals surface area contributed by atoms with Crippen molar-refractivity contribution in [2.24, 2.45) is 0 Å². The fourth-order valence-corrected chi connectivity index (χ4v) is 2.98. The van der Waals surface area contributed by atoms with Gasteiger partial charge in [-0.3, -0.25) is 0 Å². The summed E-state index contributed by atoms with van der Waals surface area (Å²) in [6, 6.07) is 14.4. The van der Waals surface area contributed by atoms with Crippen molar-refractivity contribution in [3.05, 3.63) is 69.7 Å². The molecule has 2 aromatic carbocycles. The molecule has 120 valence electrons. The average Bonchev–Trinajstić information content (AvgIpc) is 2.53. The zero-order valence-electron chi connectivity index (χ0n) is 12.6. The predicted molar refractivity (Wildman–Crippen MR) is 103 cm³/mol. The second-order valence-corrected chi connectivity index (χ2v) is 6.28. The molecular weight excluding hydrogens is 349 g/mol. The number of hydrogen-bond donors (Lipinski definition) is 2. The fourth-order valence-electron chi connectivity index (χ4n) is 2.14. The summed E-state index contributed by atoms with van der Waals surface area (Å²) in [5, 5.41) is 14.9. The highest BCUT2D eigenvalue weighted by molar-refractivity contribution is 7.81. The lowest BCUT2D eigenvalue weighted by molar-refractivity contribution is 0.514. The molecule has 0 aliphatic heterocycles. The van der Waals surface area contributed by atoms with E-state index in [1.807, 2.05) is 37.3 Å². The van der Waals surface area contributed by atoms with Crippen LogP contribution in [0.3, 0.4) is 0 Å². The minimum atomic E-state index is 0.0949.